The molecule has 0 radical (unpaired) electrons. The molecule has 100 valence electrons. The van der Waals surface area contributed by atoms with E-state index in [-0.39, 0.29) is 5.82 Å². The summed E-state index contributed by atoms with van der Waals surface area (Å²) in [4.78, 5) is 0. The Morgan fingerprint density at radius 2 is 1.53 bits per heavy atom. The van der Waals surface area contributed by atoms with E-state index in [1.807, 2.05) is 18.2 Å². The predicted molar refractivity (Wildman–Crippen MR) is 76.0 cm³/mol. The molecule has 0 nitrogen and oxygen atoms in total. The van der Waals surface area contributed by atoms with Crippen molar-refractivity contribution in [3.05, 3.63) is 41.7 Å². The molecule has 1 aromatic carbocycles. The van der Waals surface area contributed by atoms with Crippen molar-refractivity contribution in [3.8, 4) is 0 Å². The first kappa shape index (κ1) is 11.7. The summed E-state index contributed by atoms with van der Waals surface area (Å²) in [6, 6.07) is 7.12. The zero-order valence-electron chi connectivity index (χ0n) is 11.3. The average Bonchev–Trinajstić information content (AvgIpc) is 2.36. The molecular weight excluding hydrogens is 235 g/mol. The zero-order valence-corrected chi connectivity index (χ0v) is 11.3. The lowest BCUT2D eigenvalue weighted by Gasteiger charge is -2.55. The molecule has 4 aliphatic rings. The van der Waals surface area contributed by atoms with Gasteiger partial charge in [0.15, 0.2) is 0 Å². The third kappa shape index (κ3) is 2.04. The number of hydrogen-bond acceptors (Lipinski definition) is 0. The van der Waals surface area contributed by atoms with Crippen molar-refractivity contribution in [3.63, 3.8) is 0 Å². The van der Waals surface area contributed by atoms with Crippen LogP contribution in [0.25, 0.3) is 6.08 Å². The summed E-state index contributed by atoms with van der Waals surface area (Å²) in [6.45, 7) is 0. The van der Waals surface area contributed by atoms with Crippen molar-refractivity contribution in [1.82, 2.24) is 0 Å². The van der Waals surface area contributed by atoms with Crippen LogP contribution in [-0.2, 0) is 0 Å². The highest BCUT2D eigenvalue weighted by molar-refractivity contribution is 5.51. The lowest BCUT2D eigenvalue weighted by Crippen LogP contribution is -2.44. The van der Waals surface area contributed by atoms with E-state index < -0.39 is 0 Å². The number of rotatable bonds is 2. The van der Waals surface area contributed by atoms with Crippen LogP contribution in [0, 0.1) is 29.0 Å². The van der Waals surface area contributed by atoms with Crippen molar-refractivity contribution in [2.24, 2.45) is 23.2 Å². The summed E-state index contributed by atoms with van der Waals surface area (Å²) < 4.78 is 13.7. The Kier molecular flexibility index (Phi) is 2.58. The first-order valence-corrected chi connectivity index (χ1v) is 7.66. The van der Waals surface area contributed by atoms with Gasteiger partial charge in [-0.2, -0.15) is 0 Å². The van der Waals surface area contributed by atoms with Crippen LogP contribution < -0.4 is 0 Å². The Morgan fingerprint density at radius 1 is 0.947 bits per heavy atom. The van der Waals surface area contributed by atoms with Crippen molar-refractivity contribution in [2.75, 3.05) is 0 Å². The number of halogens is 1. The van der Waals surface area contributed by atoms with Crippen molar-refractivity contribution >= 4 is 6.08 Å². The van der Waals surface area contributed by atoms with Crippen LogP contribution in [0.4, 0.5) is 4.39 Å². The second-order valence-corrected chi connectivity index (χ2v) is 7.13. The van der Waals surface area contributed by atoms with E-state index in [1.54, 1.807) is 12.1 Å². The van der Waals surface area contributed by atoms with Gasteiger partial charge in [0, 0.05) is 5.56 Å². The van der Waals surface area contributed by atoms with E-state index >= 15 is 0 Å². The van der Waals surface area contributed by atoms with E-state index in [0.29, 0.717) is 5.41 Å². The molecule has 0 unspecified atom stereocenters. The summed E-state index contributed by atoms with van der Waals surface area (Å²) in [5.74, 6) is 2.77. The highest BCUT2D eigenvalue weighted by atomic mass is 19.1. The van der Waals surface area contributed by atoms with Gasteiger partial charge in [-0.3, -0.25) is 0 Å². The van der Waals surface area contributed by atoms with Gasteiger partial charge in [-0.25, -0.2) is 4.39 Å². The predicted octanol–water partition coefficient (Wildman–Crippen LogP) is 5.06. The molecule has 4 bridgehead atoms. The topological polar surface area (TPSA) is 0 Å². The van der Waals surface area contributed by atoms with Crippen LogP contribution in [-0.4, -0.2) is 0 Å². The van der Waals surface area contributed by atoms with E-state index in [1.165, 1.54) is 38.5 Å². The van der Waals surface area contributed by atoms with E-state index in [4.69, 9.17) is 0 Å². The Bertz CT molecular complexity index is 479. The fourth-order valence-corrected chi connectivity index (χ4v) is 5.26. The lowest BCUT2D eigenvalue weighted by atomic mass is 9.49. The first-order valence-electron chi connectivity index (χ1n) is 7.66. The number of benzene rings is 1. The Labute approximate surface area is 114 Å². The van der Waals surface area contributed by atoms with Crippen LogP contribution in [0.15, 0.2) is 30.3 Å². The summed E-state index contributed by atoms with van der Waals surface area (Å²) in [5, 5.41) is 0. The second kappa shape index (κ2) is 4.19. The quantitative estimate of drug-likeness (QED) is 0.694. The van der Waals surface area contributed by atoms with Gasteiger partial charge in [-0.05, 0) is 67.8 Å². The van der Waals surface area contributed by atoms with Crippen molar-refractivity contribution in [2.45, 2.75) is 38.5 Å². The number of hydrogen-bond donors (Lipinski definition) is 0. The molecule has 1 aromatic rings. The molecule has 0 spiro atoms. The van der Waals surface area contributed by atoms with E-state index in [0.717, 1.165) is 23.3 Å². The summed E-state index contributed by atoms with van der Waals surface area (Å²) in [5.41, 5.74) is 1.15. The minimum Gasteiger partial charge on any atom is -0.206 e. The standard InChI is InChI=1S/C18H21F/c19-17-4-2-1-3-16(17)5-6-18-10-13-7-14(11-18)9-15(8-13)12-18/h1-6,13-15H,7-12H2/b6-5+. The van der Waals surface area contributed by atoms with Crippen LogP contribution >= 0.6 is 0 Å². The second-order valence-electron chi connectivity index (χ2n) is 7.13. The van der Waals surface area contributed by atoms with Crippen LogP contribution in [0.1, 0.15) is 44.1 Å². The molecule has 1 heteroatoms. The maximum absolute atomic E-state index is 13.7. The zero-order chi connectivity index (χ0) is 12.9. The smallest absolute Gasteiger partial charge is 0.130 e. The molecule has 0 saturated heterocycles. The lowest BCUT2D eigenvalue weighted by molar-refractivity contribution is -0.0232. The van der Waals surface area contributed by atoms with Gasteiger partial charge in [0.1, 0.15) is 5.82 Å². The summed E-state index contributed by atoms with van der Waals surface area (Å²) in [6.07, 6.45) is 12.8. The molecule has 0 aromatic heterocycles. The van der Waals surface area contributed by atoms with Gasteiger partial charge in [0.2, 0.25) is 0 Å². The van der Waals surface area contributed by atoms with E-state index in [2.05, 4.69) is 6.08 Å². The molecule has 0 aliphatic heterocycles. The highest BCUT2D eigenvalue weighted by Crippen LogP contribution is 2.60. The van der Waals surface area contributed by atoms with E-state index in [9.17, 15) is 4.39 Å². The minimum absolute atomic E-state index is 0.0940. The fraction of sp³-hybridized carbons (Fsp3) is 0.556. The summed E-state index contributed by atoms with van der Waals surface area (Å²) in [7, 11) is 0. The van der Waals surface area contributed by atoms with Gasteiger partial charge in [-0.1, -0.05) is 30.4 Å². The molecule has 0 N–H and O–H groups in total. The Morgan fingerprint density at radius 3 is 2.11 bits per heavy atom. The Hall–Kier alpha value is -1.11. The molecule has 4 aliphatic carbocycles. The molecule has 0 heterocycles. The molecule has 4 saturated carbocycles. The highest BCUT2D eigenvalue weighted by Gasteiger charge is 2.49. The molecule has 19 heavy (non-hydrogen) atoms. The average molecular weight is 256 g/mol. The normalized spacial score (nSPS) is 40.2. The largest absolute Gasteiger partial charge is 0.206 e. The van der Waals surface area contributed by atoms with Gasteiger partial charge >= 0.3 is 0 Å². The van der Waals surface area contributed by atoms with Gasteiger partial charge in [0.25, 0.3) is 0 Å². The third-order valence-corrected chi connectivity index (χ3v) is 5.61. The Balaban J connectivity index is 1.61. The van der Waals surface area contributed by atoms with Crippen LogP contribution in [0.2, 0.25) is 0 Å². The monoisotopic (exact) mass is 256 g/mol. The van der Waals surface area contributed by atoms with Crippen LogP contribution in [0.5, 0.6) is 0 Å². The maximum atomic E-state index is 13.7. The molecular formula is C18H21F. The SMILES string of the molecule is Fc1ccccc1/C=C/C12CC3CC(CC(C3)C1)C2. The number of allylic oxidation sites excluding steroid dienone is 1. The van der Waals surface area contributed by atoms with Gasteiger partial charge < -0.3 is 0 Å². The minimum atomic E-state index is -0.0940. The van der Waals surface area contributed by atoms with Gasteiger partial charge in [-0.15, -0.1) is 0 Å². The molecule has 5 rings (SSSR count). The van der Waals surface area contributed by atoms with Crippen molar-refractivity contribution < 1.29 is 4.39 Å². The van der Waals surface area contributed by atoms with Crippen LogP contribution in [0.3, 0.4) is 0 Å². The van der Waals surface area contributed by atoms with Gasteiger partial charge in [0.05, 0.1) is 0 Å². The first-order chi connectivity index (χ1) is 9.22. The molecule has 0 amide bonds. The fourth-order valence-electron chi connectivity index (χ4n) is 5.26. The molecule has 0 atom stereocenters. The van der Waals surface area contributed by atoms with Crippen molar-refractivity contribution in [1.29, 1.82) is 0 Å². The maximum Gasteiger partial charge on any atom is 0.130 e. The molecule has 4 fully saturated rings. The third-order valence-electron chi connectivity index (χ3n) is 5.61. The summed E-state index contributed by atoms with van der Waals surface area (Å²) >= 11 is 0.